The number of H-pyrrole nitrogens is 1. The van der Waals surface area contributed by atoms with Crippen molar-refractivity contribution in [2.75, 3.05) is 30.8 Å². The zero-order chi connectivity index (χ0) is 19.7. The number of hydrogen-bond donors (Lipinski definition) is 4. The molecule has 0 saturated carbocycles. The summed E-state index contributed by atoms with van der Waals surface area (Å²) in [7, 11) is 1.84. The van der Waals surface area contributed by atoms with Crippen LogP contribution in [0.4, 0.5) is 11.5 Å². The molecule has 0 aromatic carbocycles. The molecule has 2 aromatic heterocycles. The van der Waals surface area contributed by atoms with Crippen LogP contribution in [0.3, 0.4) is 0 Å². The summed E-state index contributed by atoms with van der Waals surface area (Å²) in [6.45, 7) is 11.0. The van der Waals surface area contributed by atoms with Crippen molar-refractivity contribution >= 4 is 11.5 Å². The highest BCUT2D eigenvalue weighted by molar-refractivity contribution is 5.68. The van der Waals surface area contributed by atoms with Gasteiger partial charge < -0.3 is 20.9 Å². The van der Waals surface area contributed by atoms with E-state index in [4.69, 9.17) is 0 Å². The Morgan fingerprint density at radius 2 is 1.96 bits per heavy atom. The molecule has 1 aliphatic heterocycles. The minimum absolute atomic E-state index is 0.0609. The summed E-state index contributed by atoms with van der Waals surface area (Å²) >= 11 is 0. The SMILES string of the molecule is CNc1cc(-c2c[nH]c(=O)c(NC3CNCC(C)(C)CC3(C)C)c2)ccn1. The van der Waals surface area contributed by atoms with E-state index in [1.54, 1.807) is 12.4 Å². The van der Waals surface area contributed by atoms with Gasteiger partial charge in [0.05, 0.1) is 0 Å². The molecular formula is C21H31N5O. The summed E-state index contributed by atoms with van der Waals surface area (Å²) in [6.07, 6.45) is 4.60. The minimum Gasteiger partial charge on any atom is -0.376 e. The van der Waals surface area contributed by atoms with Gasteiger partial charge in [0.15, 0.2) is 0 Å². The summed E-state index contributed by atoms with van der Waals surface area (Å²) < 4.78 is 0. The van der Waals surface area contributed by atoms with Crippen LogP contribution in [-0.2, 0) is 0 Å². The van der Waals surface area contributed by atoms with Gasteiger partial charge in [-0.2, -0.15) is 0 Å². The Kier molecular flexibility index (Phi) is 5.29. The van der Waals surface area contributed by atoms with Gasteiger partial charge in [-0.25, -0.2) is 4.98 Å². The lowest BCUT2D eigenvalue weighted by Crippen LogP contribution is -2.42. The Morgan fingerprint density at radius 3 is 2.70 bits per heavy atom. The Hall–Kier alpha value is -2.34. The van der Waals surface area contributed by atoms with Crippen molar-refractivity contribution in [1.82, 2.24) is 15.3 Å². The lowest BCUT2D eigenvalue weighted by atomic mass is 9.72. The van der Waals surface area contributed by atoms with Gasteiger partial charge in [-0.3, -0.25) is 4.79 Å². The van der Waals surface area contributed by atoms with Crippen molar-refractivity contribution < 1.29 is 0 Å². The van der Waals surface area contributed by atoms with E-state index >= 15 is 0 Å². The van der Waals surface area contributed by atoms with Crippen LogP contribution in [0.25, 0.3) is 11.1 Å². The number of pyridine rings is 2. The van der Waals surface area contributed by atoms with Gasteiger partial charge in [-0.1, -0.05) is 27.7 Å². The number of aromatic amines is 1. The number of aromatic nitrogens is 2. The van der Waals surface area contributed by atoms with E-state index in [1.165, 1.54) is 0 Å². The quantitative estimate of drug-likeness (QED) is 0.665. The molecule has 0 radical (unpaired) electrons. The van der Waals surface area contributed by atoms with E-state index in [2.05, 4.69) is 53.6 Å². The zero-order valence-electron chi connectivity index (χ0n) is 16.9. The summed E-state index contributed by atoms with van der Waals surface area (Å²) in [4.78, 5) is 19.6. The molecule has 146 valence electrons. The fraction of sp³-hybridized carbons (Fsp3) is 0.524. The highest BCUT2D eigenvalue weighted by Gasteiger charge is 2.38. The second kappa shape index (κ2) is 7.35. The highest BCUT2D eigenvalue weighted by Crippen LogP contribution is 2.38. The molecule has 0 spiro atoms. The Morgan fingerprint density at radius 1 is 1.19 bits per heavy atom. The molecular weight excluding hydrogens is 338 g/mol. The maximum Gasteiger partial charge on any atom is 0.271 e. The standard InChI is InChI=1S/C21H31N5O/c1-20(2)12-21(3,4)17(11-23-13-20)26-16-8-15(10-25-19(16)27)14-6-7-24-18(9-14)22-5/h6-10,17,23,26H,11-13H2,1-5H3,(H,22,24)(H,25,27). The summed E-state index contributed by atoms with van der Waals surface area (Å²) in [5.41, 5.74) is 2.76. The third kappa shape index (κ3) is 4.50. The monoisotopic (exact) mass is 369 g/mol. The Bertz CT molecular complexity index is 856. The molecule has 0 bridgehead atoms. The highest BCUT2D eigenvalue weighted by atomic mass is 16.1. The zero-order valence-corrected chi connectivity index (χ0v) is 16.9. The number of nitrogens with one attached hydrogen (secondary N) is 4. The first kappa shape index (κ1) is 19.4. The molecule has 3 heterocycles. The second-order valence-corrected chi connectivity index (χ2v) is 8.97. The number of hydrogen-bond acceptors (Lipinski definition) is 5. The topological polar surface area (TPSA) is 81.8 Å². The molecule has 1 atom stereocenters. The molecule has 1 aliphatic rings. The molecule has 1 unspecified atom stereocenters. The van der Waals surface area contributed by atoms with Crippen LogP contribution in [0.1, 0.15) is 34.1 Å². The average Bonchev–Trinajstić information content (AvgIpc) is 2.71. The molecule has 1 fully saturated rings. The second-order valence-electron chi connectivity index (χ2n) is 8.97. The van der Waals surface area contributed by atoms with Gasteiger partial charge in [0, 0.05) is 44.1 Å². The lowest BCUT2D eigenvalue weighted by molar-refractivity contribution is 0.200. The first-order valence-electron chi connectivity index (χ1n) is 9.54. The largest absolute Gasteiger partial charge is 0.376 e. The van der Waals surface area contributed by atoms with Crippen molar-refractivity contribution in [2.24, 2.45) is 10.8 Å². The molecule has 0 amide bonds. The minimum atomic E-state index is -0.0963. The van der Waals surface area contributed by atoms with Gasteiger partial charge in [-0.05, 0) is 41.0 Å². The Balaban J connectivity index is 1.89. The van der Waals surface area contributed by atoms with Crippen molar-refractivity contribution in [3.63, 3.8) is 0 Å². The van der Waals surface area contributed by atoms with E-state index in [-0.39, 0.29) is 22.4 Å². The van der Waals surface area contributed by atoms with Crippen molar-refractivity contribution in [1.29, 1.82) is 0 Å². The maximum absolute atomic E-state index is 12.5. The molecule has 4 N–H and O–H groups in total. The molecule has 6 heteroatoms. The van der Waals surface area contributed by atoms with Crippen molar-refractivity contribution in [2.45, 2.75) is 40.2 Å². The fourth-order valence-electron chi connectivity index (χ4n) is 4.19. The van der Waals surface area contributed by atoms with Crippen LogP contribution in [0, 0.1) is 10.8 Å². The van der Waals surface area contributed by atoms with Crippen LogP contribution in [0.5, 0.6) is 0 Å². The number of nitrogens with zero attached hydrogens (tertiary/aromatic N) is 1. The molecule has 27 heavy (non-hydrogen) atoms. The van der Waals surface area contributed by atoms with E-state index in [0.29, 0.717) is 5.69 Å². The third-order valence-corrected chi connectivity index (χ3v) is 5.41. The van der Waals surface area contributed by atoms with Gasteiger partial charge in [0.1, 0.15) is 11.5 Å². The first-order chi connectivity index (χ1) is 12.7. The van der Waals surface area contributed by atoms with Crippen LogP contribution >= 0.6 is 0 Å². The van der Waals surface area contributed by atoms with E-state index < -0.39 is 0 Å². The normalized spacial score (nSPS) is 21.3. The molecule has 1 saturated heterocycles. The average molecular weight is 370 g/mol. The van der Waals surface area contributed by atoms with Crippen LogP contribution in [0.2, 0.25) is 0 Å². The molecule has 3 rings (SSSR count). The van der Waals surface area contributed by atoms with E-state index in [0.717, 1.165) is 36.5 Å². The van der Waals surface area contributed by atoms with Crippen molar-refractivity contribution in [3.05, 3.63) is 40.9 Å². The third-order valence-electron chi connectivity index (χ3n) is 5.41. The summed E-state index contributed by atoms with van der Waals surface area (Å²) in [6, 6.07) is 6.01. The van der Waals surface area contributed by atoms with Crippen LogP contribution in [-0.4, -0.2) is 36.1 Å². The number of rotatable bonds is 4. The predicted octanol–water partition coefficient (Wildman–Crippen LogP) is 3.30. The maximum atomic E-state index is 12.5. The van der Waals surface area contributed by atoms with Crippen molar-refractivity contribution in [3.8, 4) is 11.1 Å². The Labute approximate surface area is 161 Å². The predicted molar refractivity (Wildman–Crippen MR) is 112 cm³/mol. The van der Waals surface area contributed by atoms with Gasteiger partial charge in [-0.15, -0.1) is 0 Å². The van der Waals surface area contributed by atoms with Gasteiger partial charge >= 0.3 is 0 Å². The van der Waals surface area contributed by atoms with E-state index in [1.807, 2.05) is 25.2 Å². The smallest absolute Gasteiger partial charge is 0.271 e. The number of anilines is 2. The summed E-state index contributed by atoms with van der Waals surface area (Å²) in [5.74, 6) is 0.796. The van der Waals surface area contributed by atoms with E-state index in [9.17, 15) is 4.79 Å². The van der Waals surface area contributed by atoms with Crippen LogP contribution < -0.4 is 21.5 Å². The van der Waals surface area contributed by atoms with Gasteiger partial charge in [0.2, 0.25) is 0 Å². The van der Waals surface area contributed by atoms with Gasteiger partial charge in [0.25, 0.3) is 5.56 Å². The molecule has 0 aliphatic carbocycles. The molecule has 6 nitrogen and oxygen atoms in total. The fourth-order valence-corrected chi connectivity index (χ4v) is 4.19. The summed E-state index contributed by atoms with van der Waals surface area (Å²) in [5, 5.41) is 10.1. The molecule has 2 aromatic rings. The first-order valence-corrected chi connectivity index (χ1v) is 9.54. The van der Waals surface area contributed by atoms with Crippen LogP contribution in [0.15, 0.2) is 35.4 Å². The lowest BCUT2D eigenvalue weighted by Gasteiger charge is -2.37.